The van der Waals surface area contributed by atoms with Gasteiger partial charge in [-0.2, -0.15) is 0 Å². The van der Waals surface area contributed by atoms with Gasteiger partial charge in [0, 0.05) is 31.1 Å². The number of carbonyl (C=O) groups excluding carboxylic acids is 2. The van der Waals surface area contributed by atoms with Gasteiger partial charge in [-0.3, -0.25) is 9.59 Å². The quantitative estimate of drug-likeness (QED) is 0.443. The van der Waals surface area contributed by atoms with Crippen molar-refractivity contribution >= 4 is 27.9 Å². The average Bonchev–Trinajstić information content (AvgIpc) is 3.03. The molecule has 0 aromatic rings. The van der Waals surface area contributed by atoms with E-state index >= 15 is 0 Å². The van der Waals surface area contributed by atoms with E-state index in [9.17, 15) is 9.59 Å². The molecule has 0 aromatic carbocycles. The van der Waals surface area contributed by atoms with Crippen molar-refractivity contribution in [3.8, 4) is 0 Å². The van der Waals surface area contributed by atoms with Crippen LogP contribution in [-0.4, -0.2) is 41.2 Å². The number of halogens is 1. The first-order valence-corrected chi connectivity index (χ1v) is 12.1. The minimum Gasteiger partial charge on any atom is -0.463 e. The van der Waals surface area contributed by atoms with E-state index in [1.54, 1.807) is 0 Å². The number of fused-ring (bicyclic) bond motifs is 3. The average molecular weight is 469 g/mol. The summed E-state index contributed by atoms with van der Waals surface area (Å²) in [6.45, 7) is 6.24. The Morgan fingerprint density at radius 1 is 1.00 bits per heavy atom. The van der Waals surface area contributed by atoms with E-state index in [4.69, 9.17) is 14.2 Å². The minimum atomic E-state index is -0.181. The maximum Gasteiger partial charge on any atom is 0.302 e. The molecule has 9 atom stereocenters. The summed E-state index contributed by atoms with van der Waals surface area (Å²) >= 11 is 4.19. The molecular formula is C23H33BrO5. The molecule has 1 aliphatic heterocycles. The molecule has 4 saturated carbocycles. The van der Waals surface area contributed by atoms with Gasteiger partial charge in [0.15, 0.2) is 0 Å². The van der Waals surface area contributed by atoms with E-state index < -0.39 is 0 Å². The second-order valence-corrected chi connectivity index (χ2v) is 12.0. The fraction of sp³-hybridized carbons (Fsp3) is 0.913. The van der Waals surface area contributed by atoms with Crippen molar-refractivity contribution in [2.45, 2.75) is 94.8 Å². The molecule has 0 aromatic heterocycles. The molecule has 6 heteroatoms. The second-order valence-electron chi connectivity index (χ2n) is 10.6. The van der Waals surface area contributed by atoms with Gasteiger partial charge >= 0.3 is 11.9 Å². The largest absolute Gasteiger partial charge is 0.463 e. The lowest BCUT2D eigenvalue weighted by Crippen LogP contribution is -2.64. The third-order valence-electron chi connectivity index (χ3n) is 9.50. The molecule has 1 heterocycles. The Kier molecular flexibility index (Phi) is 4.68. The number of rotatable bonds is 2. The van der Waals surface area contributed by atoms with E-state index in [-0.39, 0.29) is 45.4 Å². The highest BCUT2D eigenvalue weighted by molar-refractivity contribution is 9.10. The van der Waals surface area contributed by atoms with E-state index in [0.717, 1.165) is 51.6 Å². The molecule has 3 unspecified atom stereocenters. The molecule has 5 nitrogen and oxygen atoms in total. The summed E-state index contributed by atoms with van der Waals surface area (Å²) in [5, 5.41) is 0. The molecule has 1 saturated heterocycles. The van der Waals surface area contributed by atoms with Gasteiger partial charge in [-0.05, 0) is 62.7 Å². The number of esters is 2. The fourth-order valence-corrected chi connectivity index (χ4v) is 9.66. The van der Waals surface area contributed by atoms with Crippen molar-refractivity contribution in [2.75, 3.05) is 6.61 Å². The van der Waals surface area contributed by atoms with Crippen LogP contribution >= 0.6 is 15.9 Å². The van der Waals surface area contributed by atoms with Gasteiger partial charge in [0.2, 0.25) is 0 Å². The van der Waals surface area contributed by atoms with Crippen LogP contribution in [0.2, 0.25) is 0 Å². The Hall–Kier alpha value is -0.620. The molecule has 0 amide bonds. The lowest BCUT2D eigenvalue weighted by molar-refractivity contribution is -0.162. The molecule has 0 radical (unpaired) electrons. The maximum atomic E-state index is 11.7. The van der Waals surface area contributed by atoms with Crippen LogP contribution in [0.1, 0.15) is 72.1 Å². The maximum absolute atomic E-state index is 11.7. The summed E-state index contributed by atoms with van der Waals surface area (Å²) in [4.78, 5) is 23.2. The Labute approximate surface area is 181 Å². The first-order valence-electron chi connectivity index (χ1n) is 11.3. The zero-order valence-corrected chi connectivity index (χ0v) is 19.3. The van der Waals surface area contributed by atoms with Gasteiger partial charge in [0.25, 0.3) is 0 Å². The van der Waals surface area contributed by atoms with Crippen molar-refractivity contribution < 1.29 is 23.8 Å². The van der Waals surface area contributed by atoms with Crippen LogP contribution in [0.4, 0.5) is 0 Å². The summed E-state index contributed by atoms with van der Waals surface area (Å²) in [5.41, 5.74) is 0.238. The lowest BCUT2D eigenvalue weighted by atomic mass is 9.45. The molecule has 0 N–H and O–H groups in total. The number of alkyl halides is 1. The molecule has 5 aliphatic rings. The summed E-state index contributed by atoms with van der Waals surface area (Å²) in [6, 6.07) is 0. The van der Waals surface area contributed by atoms with Crippen LogP contribution in [0.15, 0.2) is 0 Å². The Balaban J connectivity index is 1.43. The summed E-state index contributed by atoms with van der Waals surface area (Å²) in [7, 11) is 0. The van der Waals surface area contributed by atoms with Crippen LogP contribution in [0.3, 0.4) is 0 Å². The molecule has 5 rings (SSSR count). The van der Waals surface area contributed by atoms with Gasteiger partial charge < -0.3 is 14.2 Å². The van der Waals surface area contributed by atoms with Gasteiger partial charge in [-0.25, -0.2) is 0 Å². The standard InChI is InChI=1S/C23H33BrO5/c1-13(25)28-15-6-9-22-12-27-20(23(22,24)11-15)10-16-17-4-5-19(29-14(2)26)21(17,3)8-7-18(16)22/h15-20H,4-12H2,1-3H3/t15-,16?,17?,18?,19-,20+,21-,22-,23-/m0/s1. The van der Waals surface area contributed by atoms with E-state index in [1.807, 2.05) is 0 Å². The number of carbonyl (C=O) groups is 2. The zero-order chi connectivity index (χ0) is 20.6. The van der Waals surface area contributed by atoms with Crippen LogP contribution in [0, 0.1) is 28.6 Å². The Morgan fingerprint density at radius 3 is 2.48 bits per heavy atom. The normalized spacial score (nSPS) is 52.8. The highest BCUT2D eigenvalue weighted by atomic mass is 79.9. The summed E-state index contributed by atoms with van der Waals surface area (Å²) in [5.74, 6) is 1.55. The molecule has 4 aliphatic carbocycles. The molecular weight excluding hydrogens is 436 g/mol. The SMILES string of the molecule is CC(=O)O[C@H]1CC[C@]23CO[C@H](CC4C2CC[C@@]2(C)C4CC[C@@H]2OC(C)=O)[C@@]3(Br)C1. The highest BCUT2D eigenvalue weighted by Crippen LogP contribution is 2.72. The van der Waals surface area contributed by atoms with Crippen LogP contribution in [0.5, 0.6) is 0 Å². The monoisotopic (exact) mass is 468 g/mol. The molecule has 2 bridgehead atoms. The van der Waals surface area contributed by atoms with Gasteiger partial charge in [0.1, 0.15) is 12.2 Å². The minimum absolute atomic E-state index is 0.00515. The van der Waals surface area contributed by atoms with E-state index in [2.05, 4.69) is 22.9 Å². The predicted molar refractivity (Wildman–Crippen MR) is 110 cm³/mol. The molecule has 5 fully saturated rings. The zero-order valence-electron chi connectivity index (χ0n) is 17.7. The smallest absolute Gasteiger partial charge is 0.302 e. The highest BCUT2D eigenvalue weighted by Gasteiger charge is 2.72. The van der Waals surface area contributed by atoms with E-state index in [1.165, 1.54) is 20.3 Å². The topological polar surface area (TPSA) is 61.8 Å². The first kappa shape index (κ1) is 20.3. The number of hydrogen-bond acceptors (Lipinski definition) is 5. The van der Waals surface area contributed by atoms with Crippen molar-refractivity contribution in [3.63, 3.8) is 0 Å². The van der Waals surface area contributed by atoms with Crippen LogP contribution in [0.25, 0.3) is 0 Å². The van der Waals surface area contributed by atoms with E-state index in [0.29, 0.717) is 17.8 Å². The van der Waals surface area contributed by atoms with Crippen molar-refractivity contribution in [3.05, 3.63) is 0 Å². The first-order chi connectivity index (χ1) is 13.7. The molecule has 162 valence electrons. The predicted octanol–water partition coefficient (Wildman–Crippen LogP) is 4.40. The number of ether oxygens (including phenoxy) is 3. The third-order valence-corrected chi connectivity index (χ3v) is 11.1. The Bertz CT molecular complexity index is 726. The van der Waals surface area contributed by atoms with Gasteiger partial charge in [-0.15, -0.1) is 0 Å². The third kappa shape index (κ3) is 2.73. The molecule has 29 heavy (non-hydrogen) atoms. The van der Waals surface area contributed by atoms with Gasteiger partial charge in [0.05, 0.1) is 17.0 Å². The van der Waals surface area contributed by atoms with Gasteiger partial charge in [-0.1, -0.05) is 22.9 Å². The van der Waals surface area contributed by atoms with Crippen LogP contribution in [-0.2, 0) is 23.8 Å². The van der Waals surface area contributed by atoms with Crippen LogP contribution < -0.4 is 0 Å². The van der Waals surface area contributed by atoms with Crippen molar-refractivity contribution in [2.24, 2.45) is 28.6 Å². The Morgan fingerprint density at radius 2 is 1.76 bits per heavy atom. The summed E-state index contributed by atoms with van der Waals surface area (Å²) < 4.78 is 17.8. The number of hydrogen-bond donors (Lipinski definition) is 0. The fourth-order valence-electron chi connectivity index (χ4n) is 8.37. The summed E-state index contributed by atoms with van der Waals surface area (Å²) in [6.07, 6.45) is 8.62. The second kappa shape index (κ2) is 6.69. The lowest BCUT2D eigenvalue weighted by Gasteiger charge is -2.62. The van der Waals surface area contributed by atoms with Crippen molar-refractivity contribution in [1.82, 2.24) is 0 Å². The van der Waals surface area contributed by atoms with Crippen molar-refractivity contribution in [1.29, 1.82) is 0 Å². The molecule has 0 spiro atoms.